The van der Waals surface area contributed by atoms with E-state index < -0.39 is 0 Å². The Morgan fingerprint density at radius 2 is 2.50 bits per heavy atom. The lowest BCUT2D eigenvalue weighted by atomic mass is 10.1. The maximum Gasteiger partial charge on any atom is 0.261 e. The average Bonchev–Trinajstić information content (AvgIpc) is 2.82. The molecule has 108 valence electrons. The molecule has 1 atom stereocenters. The lowest BCUT2D eigenvalue weighted by Crippen LogP contribution is -2.40. The van der Waals surface area contributed by atoms with E-state index in [2.05, 4.69) is 17.2 Å². The summed E-state index contributed by atoms with van der Waals surface area (Å²) in [6.07, 6.45) is 2.42. The van der Waals surface area contributed by atoms with Crippen molar-refractivity contribution in [1.82, 2.24) is 5.32 Å². The van der Waals surface area contributed by atoms with E-state index in [9.17, 15) is 4.79 Å². The monoisotopic (exact) mass is 293 g/mol. The number of hydrogen-bond acceptors (Lipinski definition) is 4. The van der Waals surface area contributed by atoms with E-state index >= 15 is 0 Å². The minimum absolute atomic E-state index is 0.0520. The molecule has 1 saturated heterocycles. The van der Waals surface area contributed by atoms with E-state index in [1.165, 1.54) is 11.3 Å². The van der Waals surface area contributed by atoms with Gasteiger partial charge in [-0.05, 0) is 31.4 Å². The first-order chi connectivity index (χ1) is 9.70. The third-order valence-electron chi connectivity index (χ3n) is 3.08. The van der Waals surface area contributed by atoms with E-state index in [0.29, 0.717) is 17.9 Å². The summed E-state index contributed by atoms with van der Waals surface area (Å²) in [5, 5.41) is 11.7. The van der Waals surface area contributed by atoms with Crippen LogP contribution in [0.5, 0.6) is 0 Å². The van der Waals surface area contributed by atoms with Crippen LogP contribution >= 0.6 is 11.3 Å². The molecule has 0 radical (unpaired) electrons. The lowest BCUT2D eigenvalue weighted by Gasteiger charge is -2.22. The number of carbonyl (C=O) groups excluding carboxylic acids is 1. The van der Waals surface area contributed by atoms with Crippen molar-refractivity contribution in [3.05, 3.63) is 21.4 Å². The van der Waals surface area contributed by atoms with Crippen molar-refractivity contribution in [2.24, 2.45) is 0 Å². The Hall–Kier alpha value is -1.35. The number of amides is 1. The Morgan fingerprint density at radius 3 is 3.20 bits per heavy atom. The third-order valence-corrected chi connectivity index (χ3v) is 4.23. The van der Waals surface area contributed by atoms with Crippen LogP contribution in [0, 0.1) is 18.8 Å². The van der Waals surface area contributed by atoms with Crippen LogP contribution in [0.1, 0.15) is 39.4 Å². The molecule has 20 heavy (non-hydrogen) atoms. The molecule has 0 aliphatic carbocycles. The molecule has 1 fully saturated rings. The van der Waals surface area contributed by atoms with Crippen molar-refractivity contribution in [3.8, 4) is 11.8 Å². The maximum absolute atomic E-state index is 12.2. The number of aliphatic hydroxyl groups is 1. The first-order valence-electron chi connectivity index (χ1n) is 6.79. The van der Waals surface area contributed by atoms with Crippen molar-refractivity contribution in [2.45, 2.75) is 32.2 Å². The van der Waals surface area contributed by atoms with Crippen LogP contribution < -0.4 is 5.32 Å². The molecule has 4 nitrogen and oxygen atoms in total. The van der Waals surface area contributed by atoms with Gasteiger partial charge in [0.2, 0.25) is 0 Å². The predicted molar refractivity (Wildman–Crippen MR) is 78.9 cm³/mol. The molecule has 1 aromatic rings. The molecule has 0 bridgehead atoms. The topological polar surface area (TPSA) is 58.6 Å². The van der Waals surface area contributed by atoms with Crippen molar-refractivity contribution in [2.75, 3.05) is 19.8 Å². The zero-order valence-electron chi connectivity index (χ0n) is 11.6. The summed E-state index contributed by atoms with van der Waals surface area (Å²) in [4.78, 5) is 13.7. The third kappa shape index (κ3) is 4.07. The number of thiophene rings is 1. The highest BCUT2D eigenvalue weighted by Gasteiger charge is 2.18. The Balaban J connectivity index is 1.99. The first kappa shape index (κ1) is 15.0. The SMILES string of the molecule is Cc1cc(C(=O)NC2CCCOC2)sc1C#CCCO. The second-order valence-electron chi connectivity index (χ2n) is 4.79. The van der Waals surface area contributed by atoms with Gasteiger partial charge in [-0.25, -0.2) is 0 Å². The second kappa shape index (κ2) is 7.44. The molecular weight excluding hydrogens is 274 g/mol. The zero-order valence-corrected chi connectivity index (χ0v) is 12.4. The summed E-state index contributed by atoms with van der Waals surface area (Å²) in [6.45, 7) is 3.39. The van der Waals surface area contributed by atoms with E-state index in [-0.39, 0.29) is 18.6 Å². The Bertz CT molecular complexity index is 521. The van der Waals surface area contributed by atoms with Crippen LogP contribution in [0.25, 0.3) is 0 Å². The fourth-order valence-electron chi connectivity index (χ4n) is 2.03. The van der Waals surface area contributed by atoms with Crippen LogP contribution in [0.4, 0.5) is 0 Å². The summed E-state index contributed by atoms with van der Waals surface area (Å²) in [7, 11) is 0. The molecule has 2 N–H and O–H groups in total. The molecule has 1 amide bonds. The summed E-state index contributed by atoms with van der Waals surface area (Å²) in [6, 6.07) is 1.98. The fraction of sp³-hybridized carbons (Fsp3) is 0.533. The van der Waals surface area contributed by atoms with Crippen LogP contribution in [0.15, 0.2) is 6.07 Å². The number of hydrogen-bond donors (Lipinski definition) is 2. The quantitative estimate of drug-likeness (QED) is 0.834. The molecule has 5 heteroatoms. The number of rotatable bonds is 3. The lowest BCUT2D eigenvalue weighted by molar-refractivity contribution is 0.0626. The molecule has 1 aliphatic heterocycles. The van der Waals surface area contributed by atoms with E-state index in [0.717, 1.165) is 29.9 Å². The zero-order chi connectivity index (χ0) is 14.4. The summed E-state index contributed by atoms with van der Waals surface area (Å²) >= 11 is 1.40. The standard InChI is InChI=1S/C15H19NO3S/c1-11-9-14(20-13(11)6-2-3-7-17)15(18)16-12-5-4-8-19-10-12/h9,12,17H,3-5,7-8,10H2,1H3,(H,16,18). The smallest absolute Gasteiger partial charge is 0.261 e. The van der Waals surface area contributed by atoms with Crippen LogP contribution in [0.2, 0.25) is 0 Å². The van der Waals surface area contributed by atoms with Gasteiger partial charge in [0, 0.05) is 13.0 Å². The molecule has 0 spiro atoms. The highest BCUT2D eigenvalue weighted by Crippen LogP contribution is 2.21. The van der Waals surface area contributed by atoms with Gasteiger partial charge in [0.1, 0.15) is 0 Å². The predicted octanol–water partition coefficient (Wildman–Crippen LogP) is 1.70. The first-order valence-corrected chi connectivity index (χ1v) is 7.61. The van der Waals surface area contributed by atoms with Crippen LogP contribution in [0.3, 0.4) is 0 Å². The van der Waals surface area contributed by atoms with Crippen molar-refractivity contribution in [3.63, 3.8) is 0 Å². The van der Waals surface area contributed by atoms with Crippen molar-refractivity contribution < 1.29 is 14.6 Å². The normalized spacial score (nSPS) is 18.2. The van der Waals surface area contributed by atoms with Gasteiger partial charge in [0.05, 0.1) is 29.0 Å². The van der Waals surface area contributed by atoms with Crippen LogP contribution in [-0.2, 0) is 4.74 Å². The summed E-state index contributed by atoms with van der Waals surface area (Å²) in [5.41, 5.74) is 1.01. The molecule has 2 rings (SSSR count). The fourth-order valence-corrected chi connectivity index (χ4v) is 2.98. The minimum Gasteiger partial charge on any atom is -0.395 e. The molecule has 1 unspecified atom stereocenters. The van der Waals surface area contributed by atoms with Gasteiger partial charge in [0.25, 0.3) is 5.91 Å². The van der Waals surface area contributed by atoms with E-state index in [1.54, 1.807) is 0 Å². The van der Waals surface area contributed by atoms with E-state index in [1.807, 2.05) is 13.0 Å². The van der Waals surface area contributed by atoms with Crippen molar-refractivity contribution in [1.29, 1.82) is 0 Å². The Morgan fingerprint density at radius 1 is 1.65 bits per heavy atom. The number of ether oxygens (including phenoxy) is 1. The minimum atomic E-state index is -0.0520. The highest BCUT2D eigenvalue weighted by atomic mass is 32.1. The maximum atomic E-state index is 12.2. The molecule has 0 saturated carbocycles. The largest absolute Gasteiger partial charge is 0.395 e. The van der Waals surface area contributed by atoms with Crippen LogP contribution in [-0.4, -0.2) is 36.9 Å². The molecule has 2 heterocycles. The molecular formula is C15H19NO3S. The molecule has 0 aromatic carbocycles. The van der Waals surface area contributed by atoms with Gasteiger partial charge in [-0.3, -0.25) is 4.79 Å². The number of aliphatic hydroxyl groups excluding tert-OH is 1. The van der Waals surface area contributed by atoms with Gasteiger partial charge >= 0.3 is 0 Å². The van der Waals surface area contributed by atoms with Gasteiger partial charge in [-0.1, -0.05) is 11.8 Å². The number of nitrogens with one attached hydrogen (secondary N) is 1. The number of aryl methyl sites for hydroxylation is 1. The molecule has 1 aromatic heterocycles. The van der Waals surface area contributed by atoms with Gasteiger partial charge in [-0.2, -0.15) is 0 Å². The van der Waals surface area contributed by atoms with Gasteiger partial charge in [0.15, 0.2) is 0 Å². The second-order valence-corrected chi connectivity index (χ2v) is 5.84. The Labute approximate surface area is 123 Å². The number of carbonyl (C=O) groups is 1. The average molecular weight is 293 g/mol. The van der Waals surface area contributed by atoms with Crippen molar-refractivity contribution >= 4 is 17.2 Å². The molecule has 1 aliphatic rings. The van der Waals surface area contributed by atoms with E-state index in [4.69, 9.17) is 9.84 Å². The highest BCUT2D eigenvalue weighted by molar-refractivity contribution is 7.14. The van der Waals surface area contributed by atoms with Gasteiger partial charge in [-0.15, -0.1) is 11.3 Å². The van der Waals surface area contributed by atoms with Gasteiger partial charge < -0.3 is 15.2 Å². The summed E-state index contributed by atoms with van der Waals surface area (Å²) in [5.74, 6) is 5.83. The Kier molecular flexibility index (Phi) is 5.60. The summed E-state index contributed by atoms with van der Waals surface area (Å²) < 4.78 is 5.36.